The minimum atomic E-state index is -0.200. The van der Waals surface area contributed by atoms with Gasteiger partial charge >= 0.3 is 5.97 Å². The standard InChI is InChI=1S/C30H60NO4/c1-6-7-8-9-10-11-12-13-14-15-16-17-18-19-20-21-29(34)35-28(26-30(2,3)4)27-31(5,22-24-32)23-25-33/h13-14,28,32-33H,6-12,15-27H2,1-5H3/q+1/b14-13+/t28-/m1/s1. The molecule has 0 unspecified atom stereocenters. The van der Waals surface area contributed by atoms with E-state index in [2.05, 4.69) is 39.8 Å². The lowest BCUT2D eigenvalue weighted by atomic mass is 9.88. The minimum absolute atomic E-state index is 0.0390. The molecule has 0 saturated carbocycles. The van der Waals surface area contributed by atoms with Crippen molar-refractivity contribution in [1.29, 1.82) is 0 Å². The van der Waals surface area contributed by atoms with Crippen molar-refractivity contribution in [1.82, 2.24) is 0 Å². The highest BCUT2D eigenvalue weighted by atomic mass is 16.5. The fourth-order valence-corrected chi connectivity index (χ4v) is 4.68. The molecule has 5 nitrogen and oxygen atoms in total. The lowest BCUT2D eigenvalue weighted by Gasteiger charge is -2.37. The van der Waals surface area contributed by atoms with Crippen molar-refractivity contribution in [3.63, 3.8) is 0 Å². The quantitative estimate of drug-likeness (QED) is 0.0703. The SMILES string of the molecule is CCCCCCCC/C=C/CCCCCCCC(=O)O[C@H](CC(C)(C)C)C[N+](C)(CCO)CCO. The first kappa shape index (κ1) is 34.1. The smallest absolute Gasteiger partial charge is 0.306 e. The second kappa shape index (κ2) is 21.2. The number of ether oxygens (including phenoxy) is 1. The highest BCUT2D eigenvalue weighted by Gasteiger charge is 2.31. The molecule has 0 heterocycles. The van der Waals surface area contributed by atoms with Gasteiger partial charge in [0.25, 0.3) is 0 Å². The van der Waals surface area contributed by atoms with E-state index in [1.165, 1.54) is 70.6 Å². The molecule has 2 N–H and O–H groups in total. The summed E-state index contributed by atoms with van der Waals surface area (Å²) in [4.78, 5) is 12.5. The summed E-state index contributed by atoms with van der Waals surface area (Å²) in [5.41, 5.74) is 0.0390. The Labute approximate surface area is 217 Å². The maximum Gasteiger partial charge on any atom is 0.306 e. The summed E-state index contributed by atoms with van der Waals surface area (Å²) in [6.07, 6.45) is 21.9. The summed E-state index contributed by atoms with van der Waals surface area (Å²) >= 11 is 0. The summed E-state index contributed by atoms with van der Waals surface area (Å²) < 4.78 is 6.42. The summed E-state index contributed by atoms with van der Waals surface area (Å²) in [5.74, 6) is -0.114. The van der Waals surface area contributed by atoms with Crippen LogP contribution in [-0.4, -0.2) is 66.7 Å². The Morgan fingerprint density at radius 3 is 1.80 bits per heavy atom. The van der Waals surface area contributed by atoms with Crippen molar-refractivity contribution in [3.8, 4) is 0 Å². The van der Waals surface area contributed by atoms with Crippen LogP contribution in [0.2, 0.25) is 0 Å². The van der Waals surface area contributed by atoms with E-state index >= 15 is 0 Å². The number of quaternary nitrogens is 1. The molecule has 0 fully saturated rings. The van der Waals surface area contributed by atoms with E-state index in [4.69, 9.17) is 4.74 Å². The molecule has 0 rings (SSSR count). The van der Waals surface area contributed by atoms with Gasteiger partial charge in [-0.1, -0.05) is 91.2 Å². The molecule has 208 valence electrons. The van der Waals surface area contributed by atoms with Crippen LogP contribution in [0, 0.1) is 5.41 Å². The molecule has 0 aliphatic heterocycles. The molecule has 0 aliphatic rings. The van der Waals surface area contributed by atoms with E-state index in [1.54, 1.807) is 0 Å². The first-order valence-electron chi connectivity index (χ1n) is 14.6. The van der Waals surface area contributed by atoms with Crippen molar-refractivity contribution >= 4 is 5.97 Å². The van der Waals surface area contributed by atoms with Gasteiger partial charge in [0.2, 0.25) is 0 Å². The van der Waals surface area contributed by atoms with Crippen LogP contribution in [0.25, 0.3) is 0 Å². The fourth-order valence-electron chi connectivity index (χ4n) is 4.68. The largest absolute Gasteiger partial charge is 0.456 e. The fraction of sp³-hybridized carbons (Fsp3) is 0.900. The number of allylic oxidation sites excluding steroid dienone is 2. The van der Waals surface area contributed by atoms with Crippen LogP contribution in [0.3, 0.4) is 0 Å². The van der Waals surface area contributed by atoms with Crippen LogP contribution in [0.1, 0.15) is 124 Å². The molecule has 0 amide bonds. The van der Waals surface area contributed by atoms with E-state index in [1.807, 2.05) is 7.05 Å². The van der Waals surface area contributed by atoms with Gasteiger partial charge in [-0.2, -0.15) is 0 Å². The Balaban J connectivity index is 4.07. The molecule has 0 aromatic rings. The Hall–Kier alpha value is -0.910. The molecule has 0 aromatic carbocycles. The zero-order chi connectivity index (χ0) is 26.4. The lowest BCUT2D eigenvalue weighted by molar-refractivity contribution is -0.912. The van der Waals surface area contributed by atoms with Gasteiger partial charge in [0, 0.05) is 6.42 Å². The Morgan fingerprint density at radius 2 is 1.31 bits per heavy atom. The summed E-state index contributed by atoms with van der Waals surface area (Å²) in [6.45, 7) is 10.6. The average Bonchev–Trinajstić information content (AvgIpc) is 2.75. The van der Waals surface area contributed by atoms with Crippen LogP contribution < -0.4 is 0 Å². The minimum Gasteiger partial charge on any atom is -0.456 e. The molecule has 35 heavy (non-hydrogen) atoms. The summed E-state index contributed by atoms with van der Waals surface area (Å²) in [5, 5.41) is 18.9. The van der Waals surface area contributed by atoms with Gasteiger partial charge in [-0.25, -0.2) is 0 Å². The predicted molar refractivity (Wildman–Crippen MR) is 148 cm³/mol. The van der Waals surface area contributed by atoms with Crippen molar-refractivity contribution < 1.29 is 24.2 Å². The topological polar surface area (TPSA) is 66.8 Å². The number of hydrogen-bond donors (Lipinski definition) is 2. The molecule has 0 spiro atoms. The van der Waals surface area contributed by atoms with Gasteiger partial charge in [-0.3, -0.25) is 4.79 Å². The number of nitrogens with zero attached hydrogens (tertiary/aromatic N) is 1. The molecule has 0 aromatic heterocycles. The normalized spacial score (nSPS) is 13.5. The number of carbonyl (C=O) groups excluding carboxylic acids is 1. The highest BCUT2D eigenvalue weighted by Crippen LogP contribution is 2.25. The van der Waals surface area contributed by atoms with Crippen molar-refractivity contribution in [2.75, 3.05) is 39.9 Å². The second-order valence-electron chi connectivity index (χ2n) is 11.9. The lowest BCUT2D eigenvalue weighted by Crippen LogP contribution is -2.53. The molecule has 5 heteroatoms. The number of carbonyl (C=O) groups is 1. The van der Waals surface area contributed by atoms with Crippen LogP contribution in [0.15, 0.2) is 12.2 Å². The third-order valence-electron chi connectivity index (χ3n) is 6.70. The van der Waals surface area contributed by atoms with E-state index in [9.17, 15) is 15.0 Å². The second-order valence-corrected chi connectivity index (χ2v) is 11.9. The van der Waals surface area contributed by atoms with Crippen molar-refractivity contribution in [2.45, 2.75) is 130 Å². The van der Waals surface area contributed by atoms with Crippen LogP contribution in [-0.2, 0) is 9.53 Å². The van der Waals surface area contributed by atoms with Gasteiger partial charge in [-0.15, -0.1) is 0 Å². The van der Waals surface area contributed by atoms with E-state index in [0.29, 0.717) is 30.5 Å². The zero-order valence-corrected chi connectivity index (χ0v) is 24.0. The Kier molecular flexibility index (Phi) is 20.7. The third kappa shape index (κ3) is 22.0. The van der Waals surface area contributed by atoms with E-state index in [0.717, 1.165) is 19.3 Å². The number of hydrogen-bond acceptors (Lipinski definition) is 4. The van der Waals surface area contributed by atoms with Gasteiger partial charge in [0.15, 0.2) is 6.10 Å². The number of rotatable bonds is 23. The monoisotopic (exact) mass is 498 g/mol. The first-order chi connectivity index (χ1) is 16.7. The predicted octanol–water partition coefficient (Wildman–Crippen LogP) is 6.80. The van der Waals surface area contributed by atoms with Gasteiger partial charge in [0.05, 0.1) is 20.3 Å². The number of esters is 1. The molecule has 1 atom stereocenters. The zero-order valence-electron chi connectivity index (χ0n) is 24.0. The number of likely N-dealkylation sites (N-methyl/N-ethyl adjacent to an activating group) is 1. The van der Waals surface area contributed by atoms with E-state index < -0.39 is 0 Å². The Morgan fingerprint density at radius 1 is 0.829 bits per heavy atom. The maximum atomic E-state index is 12.5. The molecular weight excluding hydrogens is 438 g/mol. The first-order valence-corrected chi connectivity index (χ1v) is 14.6. The van der Waals surface area contributed by atoms with Gasteiger partial charge in [-0.05, 0) is 43.9 Å². The molecular formula is C30H60NO4+. The molecule has 0 bridgehead atoms. The maximum absolute atomic E-state index is 12.5. The average molecular weight is 499 g/mol. The van der Waals surface area contributed by atoms with Crippen LogP contribution in [0.5, 0.6) is 0 Å². The third-order valence-corrected chi connectivity index (χ3v) is 6.70. The van der Waals surface area contributed by atoms with Crippen molar-refractivity contribution in [2.24, 2.45) is 5.41 Å². The van der Waals surface area contributed by atoms with E-state index in [-0.39, 0.29) is 30.7 Å². The summed E-state index contributed by atoms with van der Waals surface area (Å²) in [7, 11) is 2.01. The van der Waals surface area contributed by atoms with Crippen LogP contribution in [0.4, 0.5) is 0 Å². The van der Waals surface area contributed by atoms with Crippen molar-refractivity contribution in [3.05, 3.63) is 12.2 Å². The molecule has 0 saturated heterocycles. The number of unbranched alkanes of at least 4 members (excludes halogenated alkanes) is 11. The molecule has 0 aliphatic carbocycles. The summed E-state index contributed by atoms with van der Waals surface area (Å²) in [6, 6.07) is 0. The molecule has 0 radical (unpaired) electrons. The van der Waals surface area contributed by atoms with Gasteiger partial charge < -0.3 is 19.4 Å². The van der Waals surface area contributed by atoms with Gasteiger partial charge in [0.1, 0.15) is 19.6 Å². The number of aliphatic hydroxyl groups is 2. The Bertz CT molecular complexity index is 521. The van der Waals surface area contributed by atoms with Crippen LogP contribution >= 0.6 is 0 Å². The number of aliphatic hydroxyl groups excluding tert-OH is 2. The highest BCUT2D eigenvalue weighted by molar-refractivity contribution is 5.69.